The van der Waals surface area contributed by atoms with Gasteiger partial charge in [-0.2, -0.15) is 0 Å². The van der Waals surface area contributed by atoms with E-state index in [1.807, 2.05) is 18.2 Å². The number of anilines is 1. The summed E-state index contributed by atoms with van der Waals surface area (Å²) in [5, 5.41) is 2.94. The van der Waals surface area contributed by atoms with Crippen molar-refractivity contribution in [1.29, 1.82) is 0 Å². The molecule has 2 N–H and O–H groups in total. The van der Waals surface area contributed by atoms with Crippen LogP contribution in [0, 0.1) is 5.82 Å². The van der Waals surface area contributed by atoms with Crippen molar-refractivity contribution in [2.75, 3.05) is 11.9 Å². The Morgan fingerprint density at radius 3 is 2.80 bits per heavy atom. The second-order valence-electron chi connectivity index (χ2n) is 5.99. The first-order chi connectivity index (χ1) is 12.2. The summed E-state index contributed by atoms with van der Waals surface area (Å²) in [7, 11) is 0. The number of aromatic nitrogens is 1. The molecule has 0 bridgehead atoms. The van der Waals surface area contributed by atoms with Crippen LogP contribution in [-0.2, 0) is 6.42 Å². The van der Waals surface area contributed by atoms with Crippen molar-refractivity contribution >= 4 is 11.6 Å². The summed E-state index contributed by atoms with van der Waals surface area (Å²) in [6.07, 6.45) is 5.31. The molecule has 0 atom stereocenters. The van der Waals surface area contributed by atoms with E-state index in [0.29, 0.717) is 17.9 Å². The summed E-state index contributed by atoms with van der Waals surface area (Å²) in [4.78, 5) is 15.7. The van der Waals surface area contributed by atoms with Crippen molar-refractivity contribution in [3.05, 3.63) is 71.8 Å². The number of para-hydroxylation sites is 1. The van der Waals surface area contributed by atoms with Gasteiger partial charge in [0, 0.05) is 18.0 Å². The molecule has 0 saturated carbocycles. The number of carbonyl (C=O) groups excluding carboxylic acids is 1. The van der Waals surface area contributed by atoms with Crippen molar-refractivity contribution < 1.29 is 13.9 Å². The number of rotatable bonds is 3. The summed E-state index contributed by atoms with van der Waals surface area (Å²) in [6.45, 7) is 0.658. The lowest BCUT2D eigenvalue weighted by atomic mass is 10.0. The summed E-state index contributed by atoms with van der Waals surface area (Å²) >= 11 is 0. The lowest BCUT2D eigenvalue weighted by Crippen LogP contribution is -2.16. The molecule has 0 saturated heterocycles. The molecule has 0 aliphatic carbocycles. The summed E-state index contributed by atoms with van der Waals surface area (Å²) in [5.74, 6) is 0.211. The number of hydrogen-bond donors (Lipinski definition) is 2. The van der Waals surface area contributed by atoms with E-state index >= 15 is 0 Å². The maximum absolute atomic E-state index is 13.1. The Morgan fingerprint density at radius 1 is 1.12 bits per heavy atom. The second kappa shape index (κ2) is 6.43. The number of nitrogens with one attached hydrogen (secondary N) is 2. The van der Waals surface area contributed by atoms with Crippen molar-refractivity contribution in [2.45, 2.75) is 12.8 Å². The van der Waals surface area contributed by atoms with E-state index in [9.17, 15) is 9.18 Å². The van der Waals surface area contributed by atoms with Gasteiger partial charge >= 0.3 is 0 Å². The topological polar surface area (TPSA) is 54.1 Å². The van der Waals surface area contributed by atoms with Gasteiger partial charge in [0.15, 0.2) is 0 Å². The van der Waals surface area contributed by atoms with Crippen LogP contribution in [0.25, 0.3) is 11.1 Å². The molecule has 1 aliphatic heterocycles. The molecule has 2 aromatic carbocycles. The molecule has 25 heavy (non-hydrogen) atoms. The van der Waals surface area contributed by atoms with Gasteiger partial charge in [-0.05, 0) is 42.2 Å². The van der Waals surface area contributed by atoms with Crippen LogP contribution < -0.4 is 10.1 Å². The summed E-state index contributed by atoms with van der Waals surface area (Å²) < 4.78 is 18.9. The summed E-state index contributed by atoms with van der Waals surface area (Å²) in [6, 6.07) is 11.8. The van der Waals surface area contributed by atoms with Gasteiger partial charge in [0.2, 0.25) is 0 Å². The van der Waals surface area contributed by atoms with Crippen molar-refractivity contribution in [3.8, 4) is 16.9 Å². The fraction of sp³-hybridized carbons (Fsp3) is 0.150. The van der Waals surface area contributed by atoms with Gasteiger partial charge in [-0.25, -0.2) is 4.39 Å². The lowest BCUT2D eigenvalue weighted by molar-refractivity contribution is 0.102. The van der Waals surface area contributed by atoms with E-state index in [4.69, 9.17) is 4.74 Å². The Morgan fingerprint density at radius 2 is 1.96 bits per heavy atom. The number of aryl methyl sites for hydroxylation is 1. The maximum atomic E-state index is 13.1. The van der Waals surface area contributed by atoms with Crippen LogP contribution >= 0.6 is 0 Å². The number of hydrogen-bond acceptors (Lipinski definition) is 2. The number of ether oxygens (including phenoxy) is 1. The van der Waals surface area contributed by atoms with Gasteiger partial charge in [-0.15, -0.1) is 0 Å². The van der Waals surface area contributed by atoms with Crippen LogP contribution in [0.5, 0.6) is 5.75 Å². The number of amides is 1. The SMILES string of the molecule is O=C(Nc1cccc2c1OCCC2)c1c[nH]cc1-c1ccc(F)cc1. The third-order valence-electron chi connectivity index (χ3n) is 4.33. The number of carbonyl (C=O) groups is 1. The summed E-state index contributed by atoms with van der Waals surface area (Å²) in [5.41, 5.74) is 3.78. The highest BCUT2D eigenvalue weighted by Crippen LogP contribution is 2.33. The highest BCUT2D eigenvalue weighted by Gasteiger charge is 2.19. The fourth-order valence-electron chi connectivity index (χ4n) is 3.10. The molecule has 1 aromatic heterocycles. The smallest absolute Gasteiger partial charge is 0.257 e. The molecule has 0 radical (unpaired) electrons. The molecular weight excluding hydrogens is 319 g/mol. The van der Waals surface area contributed by atoms with Crippen molar-refractivity contribution in [2.24, 2.45) is 0 Å². The minimum atomic E-state index is -0.307. The highest BCUT2D eigenvalue weighted by atomic mass is 19.1. The zero-order chi connectivity index (χ0) is 17.2. The standard InChI is InChI=1S/C20H17FN2O2/c21-15-8-6-13(7-9-15)16-11-22-12-17(16)20(24)23-18-5-1-3-14-4-2-10-25-19(14)18/h1,3,5-9,11-12,22H,2,4,10H2,(H,23,24). The lowest BCUT2D eigenvalue weighted by Gasteiger charge is -2.20. The van der Waals surface area contributed by atoms with Crippen molar-refractivity contribution in [1.82, 2.24) is 4.98 Å². The maximum Gasteiger partial charge on any atom is 0.257 e. The van der Waals surface area contributed by atoms with E-state index in [-0.39, 0.29) is 11.7 Å². The molecule has 0 fully saturated rings. The van der Waals surface area contributed by atoms with Crippen molar-refractivity contribution in [3.63, 3.8) is 0 Å². The molecule has 4 nitrogen and oxygen atoms in total. The third kappa shape index (κ3) is 3.01. The molecule has 3 aromatic rings. The van der Waals surface area contributed by atoms with Gasteiger partial charge in [0.05, 0.1) is 17.9 Å². The van der Waals surface area contributed by atoms with Gasteiger partial charge in [-0.3, -0.25) is 4.79 Å². The first-order valence-corrected chi connectivity index (χ1v) is 8.21. The van der Waals surface area contributed by atoms with Crippen LogP contribution in [0.4, 0.5) is 10.1 Å². The number of aromatic amines is 1. The molecule has 1 amide bonds. The minimum absolute atomic E-state index is 0.233. The Balaban J connectivity index is 1.63. The quantitative estimate of drug-likeness (QED) is 0.745. The molecule has 4 rings (SSSR count). The minimum Gasteiger partial charge on any atom is -0.491 e. The van der Waals surface area contributed by atoms with Crippen LogP contribution in [0.1, 0.15) is 22.3 Å². The van der Waals surface area contributed by atoms with Gasteiger partial charge < -0.3 is 15.0 Å². The predicted octanol–water partition coefficient (Wildman–Crippen LogP) is 4.40. The normalized spacial score (nSPS) is 13.0. The van der Waals surface area contributed by atoms with Crippen LogP contribution in [0.2, 0.25) is 0 Å². The number of halogens is 1. The Hall–Kier alpha value is -3.08. The van der Waals surface area contributed by atoms with E-state index in [1.165, 1.54) is 12.1 Å². The average molecular weight is 336 g/mol. The zero-order valence-electron chi connectivity index (χ0n) is 13.5. The molecule has 1 aliphatic rings. The number of fused-ring (bicyclic) bond motifs is 1. The van der Waals surface area contributed by atoms with Gasteiger partial charge in [0.25, 0.3) is 5.91 Å². The number of H-pyrrole nitrogens is 1. The molecule has 0 unspecified atom stereocenters. The Labute approximate surface area is 144 Å². The Bertz CT molecular complexity index is 916. The average Bonchev–Trinajstić information content (AvgIpc) is 3.12. The van der Waals surface area contributed by atoms with Gasteiger partial charge in [0.1, 0.15) is 11.6 Å². The van der Waals surface area contributed by atoms with E-state index in [2.05, 4.69) is 10.3 Å². The molecule has 2 heterocycles. The third-order valence-corrected chi connectivity index (χ3v) is 4.33. The van der Waals surface area contributed by atoms with Crippen LogP contribution in [0.3, 0.4) is 0 Å². The Kier molecular flexibility index (Phi) is 3.98. The highest BCUT2D eigenvalue weighted by molar-refractivity contribution is 6.09. The van der Waals surface area contributed by atoms with E-state index in [0.717, 1.165) is 35.3 Å². The van der Waals surface area contributed by atoms with Gasteiger partial charge in [-0.1, -0.05) is 24.3 Å². The first-order valence-electron chi connectivity index (χ1n) is 8.21. The predicted molar refractivity (Wildman–Crippen MR) is 94.4 cm³/mol. The second-order valence-corrected chi connectivity index (χ2v) is 5.99. The first kappa shape index (κ1) is 15.4. The number of benzene rings is 2. The molecular formula is C20H17FN2O2. The molecule has 126 valence electrons. The van der Waals surface area contributed by atoms with Crippen LogP contribution in [0.15, 0.2) is 54.9 Å². The zero-order valence-corrected chi connectivity index (χ0v) is 13.5. The van der Waals surface area contributed by atoms with E-state index < -0.39 is 0 Å². The monoisotopic (exact) mass is 336 g/mol. The van der Waals surface area contributed by atoms with E-state index in [1.54, 1.807) is 24.5 Å². The largest absolute Gasteiger partial charge is 0.491 e. The molecule has 0 spiro atoms. The van der Waals surface area contributed by atoms with Crippen LogP contribution in [-0.4, -0.2) is 17.5 Å². The molecule has 5 heteroatoms. The fourth-order valence-corrected chi connectivity index (χ4v) is 3.10.